The maximum absolute atomic E-state index is 13.1. The fourth-order valence-corrected chi connectivity index (χ4v) is 6.28. The number of aliphatic hydroxyl groups is 1. The van der Waals surface area contributed by atoms with Crippen LogP contribution in [0.4, 0.5) is 4.39 Å². The van der Waals surface area contributed by atoms with E-state index >= 15 is 0 Å². The van der Waals surface area contributed by atoms with Crippen LogP contribution in [0.1, 0.15) is 94.3 Å². The van der Waals surface area contributed by atoms with Gasteiger partial charge in [-0.25, -0.2) is 4.39 Å². The molecule has 6 heteroatoms. The van der Waals surface area contributed by atoms with Crippen LogP contribution in [-0.4, -0.2) is 53.0 Å². The molecule has 0 atom stereocenters. The Morgan fingerprint density at radius 1 is 0.971 bits per heavy atom. The van der Waals surface area contributed by atoms with Gasteiger partial charge in [0, 0.05) is 23.9 Å². The van der Waals surface area contributed by atoms with Gasteiger partial charge >= 0.3 is 0 Å². The number of halogens is 1. The predicted octanol–water partition coefficient (Wildman–Crippen LogP) is 5.12. The minimum atomic E-state index is -0.539. The molecular formula is C29H43FN2O3. The lowest BCUT2D eigenvalue weighted by molar-refractivity contribution is -0.123. The maximum atomic E-state index is 13.1. The van der Waals surface area contributed by atoms with Crippen LogP contribution in [0.5, 0.6) is 0 Å². The number of carbonyl (C=O) groups excluding carboxylic acids is 2. The Balaban J connectivity index is 1.08. The Morgan fingerprint density at radius 2 is 1.60 bits per heavy atom. The summed E-state index contributed by atoms with van der Waals surface area (Å²) in [6, 6.07) is 6.25. The molecule has 0 radical (unpaired) electrons. The number of likely N-dealkylation sites (tertiary alicyclic amines) is 1. The third kappa shape index (κ3) is 7.85. The lowest BCUT2D eigenvalue weighted by Crippen LogP contribution is -2.40. The molecule has 3 aliphatic rings. The highest BCUT2D eigenvalue weighted by atomic mass is 19.1. The molecule has 1 saturated heterocycles. The SMILES string of the molecule is CC1(O)CCC(CC(=O)NC2CCC(CCN3CCC(C(=O)c4ccc(F)cc4)CC3)CC2)CC1. The second-order valence-electron chi connectivity index (χ2n) is 11.7. The molecular weight excluding hydrogens is 443 g/mol. The van der Waals surface area contributed by atoms with E-state index in [4.69, 9.17) is 0 Å². The number of amides is 1. The maximum Gasteiger partial charge on any atom is 0.220 e. The lowest BCUT2D eigenvalue weighted by atomic mass is 9.78. The zero-order valence-electron chi connectivity index (χ0n) is 21.3. The van der Waals surface area contributed by atoms with Crippen molar-refractivity contribution < 1.29 is 19.1 Å². The largest absolute Gasteiger partial charge is 0.390 e. The van der Waals surface area contributed by atoms with Crippen LogP contribution >= 0.6 is 0 Å². The van der Waals surface area contributed by atoms with Crippen molar-refractivity contribution in [3.8, 4) is 0 Å². The highest BCUT2D eigenvalue weighted by molar-refractivity contribution is 5.97. The summed E-state index contributed by atoms with van der Waals surface area (Å²) in [5, 5.41) is 13.4. The summed E-state index contributed by atoms with van der Waals surface area (Å²) in [7, 11) is 0. The third-order valence-corrected chi connectivity index (χ3v) is 8.81. The van der Waals surface area contributed by atoms with Crippen LogP contribution in [0, 0.1) is 23.6 Å². The Morgan fingerprint density at radius 3 is 2.23 bits per heavy atom. The van der Waals surface area contributed by atoms with E-state index in [1.165, 1.54) is 31.4 Å². The minimum absolute atomic E-state index is 0.0533. The van der Waals surface area contributed by atoms with Gasteiger partial charge < -0.3 is 15.3 Å². The second kappa shape index (κ2) is 12.0. The van der Waals surface area contributed by atoms with Crippen molar-refractivity contribution in [3.05, 3.63) is 35.6 Å². The summed E-state index contributed by atoms with van der Waals surface area (Å²) < 4.78 is 13.1. The lowest BCUT2D eigenvalue weighted by Gasteiger charge is -2.35. The molecule has 1 aromatic carbocycles. The van der Waals surface area contributed by atoms with Crippen molar-refractivity contribution >= 4 is 11.7 Å². The molecule has 1 amide bonds. The number of carbonyl (C=O) groups is 2. The third-order valence-electron chi connectivity index (χ3n) is 8.81. The normalized spacial score (nSPS) is 30.7. The molecule has 35 heavy (non-hydrogen) atoms. The van der Waals surface area contributed by atoms with E-state index in [2.05, 4.69) is 10.2 Å². The molecule has 194 valence electrons. The first-order valence-corrected chi connectivity index (χ1v) is 13.8. The van der Waals surface area contributed by atoms with E-state index in [0.29, 0.717) is 23.9 Å². The first kappa shape index (κ1) is 26.3. The average molecular weight is 487 g/mol. The van der Waals surface area contributed by atoms with E-state index in [0.717, 1.165) is 76.9 Å². The second-order valence-corrected chi connectivity index (χ2v) is 11.7. The highest BCUT2D eigenvalue weighted by Gasteiger charge is 2.31. The van der Waals surface area contributed by atoms with Crippen molar-refractivity contribution in [3.63, 3.8) is 0 Å². The van der Waals surface area contributed by atoms with Crippen molar-refractivity contribution in [1.29, 1.82) is 0 Å². The summed E-state index contributed by atoms with van der Waals surface area (Å²) in [5.74, 6) is 1.24. The molecule has 4 rings (SSSR count). The average Bonchev–Trinajstić information content (AvgIpc) is 2.85. The fraction of sp³-hybridized carbons (Fsp3) is 0.724. The van der Waals surface area contributed by atoms with Gasteiger partial charge in [0.05, 0.1) is 5.60 Å². The molecule has 0 aromatic heterocycles. The molecule has 2 N–H and O–H groups in total. The van der Waals surface area contributed by atoms with E-state index in [1.54, 1.807) is 12.1 Å². The van der Waals surface area contributed by atoms with Crippen LogP contribution in [0.25, 0.3) is 0 Å². The highest BCUT2D eigenvalue weighted by Crippen LogP contribution is 2.34. The van der Waals surface area contributed by atoms with Crippen LogP contribution in [0.2, 0.25) is 0 Å². The van der Waals surface area contributed by atoms with Crippen molar-refractivity contribution in [2.45, 2.75) is 95.6 Å². The van der Waals surface area contributed by atoms with Gasteiger partial charge in [0.15, 0.2) is 5.78 Å². The first-order valence-electron chi connectivity index (χ1n) is 13.8. The summed E-state index contributed by atoms with van der Waals surface area (Å²) in [6.45, 7) is 4.91. The quantitative estimate of drug-likeness (QED) is 0.501. The Hall–Kier alpha value is -1.79. The minimum Gasteiger partial charge on any atom is -0.390 e. The van der Waals surface area contributed by atoms with Crippen molar-refractivity contribution in [1.82, 2.24) is 10.2 Å². The molecule has 0 unspecified atom stereocenters. The molecule has 0 spiro atoms. The Bertz CT molecular complexity index is 830. The molecule has 1 heterocycles. The summed E-state index contributed by atoms with van der Waals surface area (Å²) >= 11 is 0. The number of hydrogen-bond acceptors (Lipinski definition) is 4. The van der Waals surface area contributed by atoms with E-state index < -0.39 is 5.60 Å². The number of benzene rings is 1. The zero-order valence-corrected chi connectivity index (χ0v) is 21.3. The Kier molecular flexibility index (Phi) is 8.98. The number of piperidine rings is 1. The van der Waals surface area contributed by atoms with Gasteiger partial charge in [-0.1, -0.05) is 0 Å². The number of nitrogens with one attached hydrogen (secondary N) is 1. The smallest absolute Gasteiger partial charge is 0.220 e. The van der Waals surface area contributed by atoms with Gasteiger partial charge in [0.25, 0.3) is 0 Å². The molecule has 5 nitrogen and oxygen atoms in total. The van der Waals surface area contributed by atoms with Crippen LogP contribution < -0.4 is 5.32 Å². The summed E-state index contributed by atoms with van der Waals surface area (Å²) in [6.07, 6.45) is 11.6. The number of nitrogens with zero attached hydrogens (tertiary/aromatic N) is 1. The van der Waals surface area contributed by atoms with Crippen LogP contribution in [0.3, 0.4) is 0 Å². The van der Waals surface area contributed by atoms with E-state index in [1.807, 2.05) is 6.92 Å². The van der Waals surface area contributed by atoms with Gasteiger partial charge in [-0.15, -0.1) is 0 Å². The molecule has 1 aliphatic heterocycles. The first-order chi connectivity index (χ1) is 16.8. The topological polar surface area (TPSA) is 69.6 Å². The van der Waals surface area contributed by atoms with Gasteiger partial charge in [-0.2, -0.15) is 0 Å². The van der Waals surface area contributed by atoms with Gasteiger partial charge in [0.2, 0.25) is 5.91 Å². The number of Topliss-reactive ketones (excluding diaryl/α,β-unsaturated/α-hetero) is 1. The zero-order chi connectivity index (χ0) is 24.8. The van der Waals surface area contributed by atoms with Crippen molar-refractivity contribution in [2.75, 3.05) is 19.6 Å². The summed E-state index contributed by atoms with van der Waals surface area (Å²) in [4.78, 5) is 27.7. The van der Waals surface area contributed by atoms with Gasteiger partial charge in [-0.05, 0) is 133 Å². The van der Waals surface area contributed by atoms with E-state index in [9.17, 15) is 19.1 Å². The van der Waals surface area contributed by atoms with Crippen molar-refractivity contribution in [2.24, 2.45) is 17.8 Å². The number of ketones is 1. The Labute approximate surface area is 209 Å². The molecule has 3 fully saturated rings. The fourth-order valence-electron chi connectivity index (χ4n) is 6.28. The molecule has 2 aliphatic carbocycles. The summed E-state index contributed by atoms with van der Waals surface area (Å²) in [5.41, 5.74) is 0.0865. The van der Waals surface area contributed by atoms with Gasteiger partial charge in [-0.3, -0.25) is 9.59 Å². The molecule has 2 saturated carbocycles. The van der Waals surface area contributed by atoms with Crippen LogP contribution in [-0.2, 0) is 4.79 Å². The molecule has 0 bridgehead atoms. The van der Waals surface area contributed by atoms with Crippen LogP contribution in [0.15, 0.2) is 24.3 Å². The monoisotopic (exact) mass is 486 g/mol. The standard InChI is InChI=1S/C29H43FN2O3/c1-29(35)15-10-22(11-16-29)20-27(33)31-26-8-2-21(3-9-26)12-17-32-18-13-24(14-19-32)28(34)23-4-6-25(30)7-5-23/h4-7,21-22,24,26,35H,2-3,8-20H2,1H3,(H,31,33). The number of rotatable bonds is 8. The molecule has 1 aromatic rings. The van der Waals surface area contributed by atoms with Gasteiger partial charge in [0.1, 0.15) is 5.82 Å². The predicted molar refractivity (Wildman–Crippen MR) is 136 cm³/mol. The number of hydrogen-bond donors (Lipinski definition) is 2. The van der Waals surface area contributed by atoms with E-state index in [-0.39, 0.29) is 23.4 Å².